The van der Waals surface area contributed by atoms with Gasteiger partial charge in [-0.05, 0) is 50.6 Å². The molecule has 0 radical (unpaired) electrons. The number of aliphatic imine (C=N–C) groups is 1. The highest BCUT2D eigenvalue weighted by Crippen LogP contribution is 2.31. The van der Waals surface area contributed by atoms with E-state index in [9.17, 15) is 8.78 Å². The second-order valence-corrected chi connectivity index (χ2v) is 6.61. The molecule has 1 aromatic rings. The van der Waals surface area contributed by atoms with Gasteiger partial charge in [0, 0.05) is 44.9 Å². The van der Waals surface area contributed by atoms with Crippen LogP contribution in [0.3, 0.4) is 0 Å². The summed E-state index contributed by atoms with van der Waals surface area (Å²) in [6.45, 7) is 10.2. The Kier molecular flexibility index (Phi) is 7.51. The van der Waals surface area contributed by atoms with Crippen LogP contribution >= 0.6 is 0 Å². The SMILES string of the molecule is C=C(CNc1ccc(C(F)(F)CC)cc1)C(=N/C=C\C)C1CCNCC1.[HH].[HH]. The first kappa shape index (κ1) is 20.3. The van der Waals surface area contributed by atoms with Crippen molar-refractivity contribution in [3.05, 3.63) is 54.3 Å². The highest BCUT2D eigenvalue weighted by Gasteiger charge is 2.28. The molecular formula is C21H33F2N3. The molecular weight excluding hydrogens is 332 g/mol. The summed E-state index contributed by atoms with van der Waals surface area (Å²) in [6, 6.07) is 6.35. The molecule has 0 unspecified atom stereocenters. The normalized spacial score (nSPS) is 16.8. The van der Waals surface area contributed by atoms with Gasteiger partial charge in [0.05, 0.1) is 0 Å². The average Bonchev–Trinajstić information content (AvgIpc) is 2.68. The van der Waals surface area contributed by atoms with E-state index < -0.39 is 5.92 Å². The maximum absolute atomic E-state index is 13.7. The van der Waals surface area contributed by atoms with E-state index >= 15 is 0 Å². The minimum absolute atomic E-state index is 0. The van der Waals surface area contributed by atoms with E-state index in [1.807, 2.05) is 19.2 Å². The topological polar surface area (TPSA) is 36.4 Å². The van der Waals surface area contributed by atoms with Crippen LogP contribution < -0.4 is 10.6 Å². The molecule has 0 bridgehead atoms. The minimum Gasteiger partial charge on any atom is -0.381 e. The molecule has 1 aromatic carbocycles. The number of anilines is 1. The Morgan fingerprint density at radius 2 is 2.00 bits per heavy atom. The lowest BCUT2D eigenvalue weighted by atomic mass is 9.89. The minimum atomic E-state index is -2.77. The number of piperidine rings is 1. The summed E-state index contributed by atoms with van der Waals surface area (Å²) in [6.07, 6.45) is 5.63. The van der Waals surface area contributed by atoms with Gasteiger partial charge in [-0.2, -0.15) is 0 Å². The zero-order valence-electron chi connectivity index (χ0n) is 15.7. The Morgan fingerprint density at radius 1 is 1.35 bits per heavy atom. The molecule has 2 rings (SSSR count). The Hall–Kier alpha value is -2.01. The quantitative estimate of drug-likeness (QED) is 0.586. The molecule has 1 saturated heterocycles. The molecule has 0 amide bonds. The van der Waals surface area contributed by atoms with E-state index in [0.717, 1.165) is 42.9 Å². The summed E-state index contributed by atoms with van der Waals surface area (Å²) in [7, 11) is 0. The van der Waals surface area contributed by atoms with Crippen LogP contribution in [-0.4, -0.2) is 25.3 Å². The van der Waals surface area contributed by atoms with E-state index in [-0.39, 0.29) is 14.8 Å². The molecule has 5 heteroatoms. The average molecular weight is 366 g/mol. The van der Waals surface area contributed by atoms with Crippen molar-refractivity contribution in [3.63, 3.8) is 0 Å². The number of alkyl halides is 2. The summed E-state index contributed by atoms with van der Waals surface area (Å²) in [5.41, 5.74) is 2.83. The summed E-state index contributed by atoms with van der Waals surface area (Å²) in [5.74, 6) is -2.36. The Morgan fingerprint density at radius 3 is 2.58 bits per heavy atom. The third-order valence-electron chi connectivity index (χ3n) is 4.71. The molecule has 1 fully saturated rings. The van der Waals surface area contributed by atoms with Crippen molar-refractivity contribution >= 4 is 11.4 Å². The number of benzene rings is 1. The third kappa shape index (κ3) is 5.49. The molecule has 0 aliphatic carbocycles. The Labute approximate surface area is 158 Å². The second kappa shape index (κ2) is 9.62. The molecule has 0 saturated carbocycles. The first-order valence-electron chi connectivity index (χ1n) is 9.28. The van der Waals surface area contributed by atoms with E-state index in [2.05, 4.69) is 22.2 Å². The van der Waals surface area contributed by atoms with Crippen LogP contribution in [0.2, 0.25) is 0 Å². The van der Waals surface area contributed by atoms with Crippen molar-refractivity contribution in [1.29, 1.82) is 0 Å². The number of nitrogens with zero attached hydrogens (tertiary/aromatic N) is 1. The van der Waals surface area contributed by atoms with E-state index in [4.69, 9.17) is 0 Å². The molecule has 1 aliphatic rings. The van der Waals surface area contributed by atoms with Crippen LogP contribution in [0.5, 0.6) is 0 Å². The molecule has 0 atom stereocenters. The zero-order valence-corrected chi connectivity index (χ0v) is 15.7. The van der Waals surface area contributed by atoms with Gasteiger partial charge in [-0.25, -0.2) is 8.78 Å². The predicted octanol–water partition coefficient (Wildman–Crippen LogP) is 5.62. The summed E-state index contributed by atoms with van der Waals surface area (Å²) < 4.78 is 27.4. The standard InChI is InChI=1S/C21H29F2N3.2H2/c1-4-12-25-20(17-10-13-24-14-11-17)16(3)15-26-19-8-6-18(7-9-19)21(22,23)5-2;;/h4,6-9,12,17,24,26H,3,5,10-11,13-15H2,1-2H3;2*1H/b12-4-,25-20?;;. The number of nitrogens with one attached hydrogen (secondary N) is 2. The van der Waals surface area contributed by atoms with Crippen LogP contribution in [0.15, 0.2) is 53.7 Å². The Bertz CT molecular complexity index is 652. The molecule has 1 aliphatic heterocycles. The zero-order chi connectivity index (χ0) is 19.0. The second-order valence-electron chi connectivity index (χ2n) is 6.61. The molecule has 2 N–H and O–H groups in total. The fourth-order valence-corrected chi connectivity index (χ4v) is 3.07. The fourth-order valence-electron chi connectivity index (χ4n) is 3.07. The van der Waals surface area contributed by atoms with Gasteiger partial charge in [-0.3, -0.25) is 4.99 Å². The van der Waals surface area contributed by atoms with Gasteiger partial charge in [-0.15, -0.1) is 0 Å². The van der Waals surface area contributed by atoms with Gasteiger partial charge in [0.25, 0.3) is 5.92 Å². The molecule has 0 aromatic heterocycles. The third-order valence-corrected chi connectivity index (χ3v) is 4.71. The first-order chi connectivity index (χ1) is 12.5. The van der Waals surface area contributed by atoms with Gasteiger partial charge in [0.2, 0.25) is 0 Å². The maximum Gasteiger partial charge on any atom is 0.273 e. The molecule has 1 heterocycles. The monoisotopic (exact) mass is 365 g/mol. The number of rotatable bonds is 8. The van der Waals surface area contributed by atoms with Gasteiger partial charge in [0.1, 0.15) is 0 Å². The van der Waals surface area contributed by atoms with Crippen molar-refractivity contribution < 1.29 is 11.6 Å². The van der Waals surface area contributed by atoms with E-state index in [1.54, 1.807) is 12.1 Å². The van der Waals surface area contributed by atoms with Crippen LogP contribution in [-0.2, 0) is 5.92 Å². The summed E-state index contributed by atoms with van der Waals surface area (Å²) in [4.78, 5) is 4.61. The summed E-state index contributed by atoms with van der Waals surface area (Å²) in [5, 5.41) is 6.64. The van der Waals surface area contributed by atoms with Gasteiger partial charge >= 0.3 is 0 Å². The number of allylic oxidation sites excluding steroid dienone is 1. The predicted molar refractivity (Wildman–Crippen MR) is 110 cm³/mol. The van der Waals surface area contributed by atoms with Crippen LogP contribution in [0.4, 0.5) is 14.5 Å². The maximum atomic E-state index is 13.7. The molecule has 146 valence electrons. The van der Waals surface area contributed by atoms with Crippen molar-refractivity contribution in [3.8, 4) is 0 Å². The lowest BCUT2D eigenvalue weighted by Gasteiger charge is -2.25. The largest absolute Gasteiger partial charge is 0.381 e. The van der Waals surface area contributed by atoms with E-state index in [0.29, 0.717) is 12.5 Å². The van der Waals surface area contributed by atoms with Crippen molar-refractivity contribution in [2.75, 3.05) is 25.0 Å². The fraction of sp³-hybridized carbons (Fsp3) is 0.476. The molecule has 3 nitrogen and oxygen atoms in total. The number of hydrogen-bond acceptors (Lipinski definition) is 3. The highest BCUT2D eigenvalue weighted by atomic mass is 19.3. The smallest absolute Gasteiger partial charge is 0.273 e. The lowest BCUT2D eigenvalue weighted by molar-refractivity contribution is -0.00826. The highest BCUT2D eigenvalue weighted by molar-refractivity contribution is 6.02. The van der Waals surface area contributed by atoms with Gasteiger partial charge in [0.15, 0.2) is 0 Å². The van der Waals surface area contributed by atoms with E-state index in [1.165, 1.54) is 19.1 Å². The van der Waals surface area contributed by atoms with Crippen molar-refractivity contribution in [1.82, 2.24) is 5.32 Å². The number of halogens is 2. The first-order valence-corrected chi connectivity index (χ1v) is 9.28. The lowest BCUT2D eigenvalue weighted by Crippen LogP contribution is -2.33. The van der Waals surface area contributed by atoms with Crippen molar-refractivity contribution in [2.24, 2.45) is 10.9 Å². The van der Waals surface area contributed by atoms with Gasteiger partial charge in [-0.1, -0.05) is 31.7 Å². The Balaban J connectivity index is 0.00000364. The molecule has 0 spiro atoms. The van der Waals surface area contributed by atoms with Crippen molar-refractivity contribution in [2.45, 2.75) is 39.0 Å². The van der Waals surface area contributed by atoms with Crippen LogP contribution in [0.25, 0.3) is 0 Å². The van der Waals surface area contributed by atoms with Crippen LogP contribution in [0.1, 0.15) is 41.5 Å². The van der Waals surface area contributed by atoms with Gasteiger partial charge < -0.3 is 10.6 Å². The van der Waals surface area contributed by atoms with Crippen LogP contribution in [0, 0.1) is 5.92 Å². The summed E-state index contributed by atoms with van der Waals surface area (Å²) >= 11 is 0. The number of hydrogen-bond donors (Lipinski definition) is 2. The molecule has 26 heavy (non-hydrogen) atoms.